The number of hydrogen-bond acceptors (Lipinski definition) is 4. The molecule has 4 rings (SSSR count). The highest BCUT2D eigenvalue weighted by atomic mass is 35.5. The number of piperidine rings is 1. The Bertz CT molecular complexity index is 782. The van der Waals surface area contributed by atoms with Crippen molar-refractivity contribution in [2.75, 3.05) is 19.6 Å². The molecule has 2 heterocycles. The highest BCUT2D eigenvalue weighted by Crippen LogP contribution is 2.38. The van der Waals surface area contributed by atoms with Gasteiger partial charge in [0.25, 0.3) is 10.0 Å². The van der Waals surface area contributed by atoms with Crippen molar-refractivity contribution in [3.63, 3.8) is 0 Å². The number of guanidine groups is 1. The first-order valence-corrected chi connectivity index (χ1v) is 11.4. The molecule has 1 aromatic carbocycles. The maximum Gasteiger partial charge on any atom is 0.266 e. The number of benzene rings is 1. The standard InChI is InChI=1S/C20H29N3O2S.ClH/c1-15(2)16-8-10-18(11-9-16)26(24,25)23-14-19(17-6-7-17)21-20(23)22-12-4-3-5-13-22;/h8-11,15,17,19H,3-7,12-14H2,1-2H3;1H. The Morgan fingerprint density at radius 3 is 2.22 bits per heavy atom. The smallest absolute Gasteiger partial charge is 0.266 e. The average Bonchev–Trinajstić information content (AvgIpc) is 3.40. The second kappa shape index (κ2) is 8.00. The highest BCUT2D eigenvalue weighted by molar-refractivity contribution is 7.89. The Balaban J connectivity index is 0.00000210. The SMILES string of the molecule is CC(C)c1ccc(S(=O)(=O)N2CC(C3CC3)N=C2N2CCCCC2)cc1.Cl. The first-order chi connectivity index (χ1) is 12.5. The summed E-state index contributed by atoms with van der Waals surface area (Å²) in [6.45, 7) is 6.56. The zero-order valence-electron chi connectivity index (χ0n) is 16.2. The Morgan fingerprint density at radius 1 is 1.04 bits per heavy atom. The molecule has 0 aromatic heterocycles. The summed E-state index contributed by atoms with van der Waals surface area (Å²) in [5.41, 5.74) is 1.16. The van der Waals surface area contributed by atoms with E-state index in [2.05, 4.69) is 18.7 Å². The van der Waals surface area contributed by atoms with Crippen LogP contribution >= 0.6 is 12.4 Å². The van der Waals surface area contributed by atoms with Crippen molar-refractivity contribution < 1.29 is 8.42 Å². The molecule has 150 valence electrons. The van der Waals surface area contributed by atoms with E-state index in [9.17, 15) is 8.42 Å². The van der Waals surface area contributed by atoms with Crippen LogP contribution < -0.4 is 0 Å². The van der Waals surface area contributed by atoms with Gasteiger partial charge in [-0.1, -0.05) is 26.0 Å². The maximum atomic E-state index is 13.4. The van der Waals surface area contributed by atoms with Gasteiger partial charge in [-0.3, -0.25) is 0 Å². The Hall–Kier alpha value is -1.27. The fraction of sp³-hybridized carbons (Fsp3) is 0.650. The van der Waals surface area contributed by atoms with Gasteiger partial charge in [0.05, 0.1) is 17.5 Å². The molecule has 1 aliphatic carbocycles. The molecule has 27 heavy (non-hydrogen) atoms. The van der Waals surface area contributed by atoms with Crippen molar-refractivity contribution in [1.29, 1.82) is 0 Å². The number of halogens is 1. The summed E-state index contributed by atoms with van der Waals surface area (Å²) >= 11 is 0. The minimum atomic E-state index is -3.56. The van der Waals surface area contributed by atoms with Gasteiger partial charge in [-0.15, -0.1) is 12.4 Å². The van der Waals surface area contributed by atoms with Crippen LogP contribution in [-0.2, 0) is 10.0 Å². The van der Waals surface area contributed by atoms with Crippen LogP contribution in [0.2, 0.25) is 0 Å². The molecule has 0 spiro atoms. The van der Waals surface area contributed by atoms with E-state index >= 15 is 0 Å². The molecule has 5 nitrogen and oxygen atoms in total. The Labute approximate surface area is 169 Å². The van der Waals surface area contributed by atoms with Crippen LogP contribution in [0.5, 0.6) is 0 Å². The summed E-state index contributed by atoms with van der Waals surface area (Å²) in [6.07, 6.45) is 5.81. The average molecular weight is 412 g/mol. The number of hydrogen-bond donors (Lipinski definition) is 0. The summed E-state index contributed by atoms with van der Waals surface area (Å²) < 4.78 is 28.3. The monoisotopic (exact) mass is 411 g/mol. The van der Waals surface area contributed by atoms with Gasteiger partial charge in [0, 0.05) is 13.1 Å². The molecule has 2 aliphatic heterocycles. The van der Waals surface area contributed by atoms with E-state index < -0.39 is 10.0 Å². The predicted molar refractivity (Wildman–Crippen MR) is 111 cm³/mol. The predicted octanol–water partition coefficient (Wildman–Crippen LogP) is 3.86. The minimum Gasteiger partial charge on any atom is -0.342 e. The van der Waals surface area contributed by atoms with Gasteiger partial charge in [0.1, 0.15) is 0 Å². The van der Waals surface area contributed by atoms with Crippen molar-refractivity contribution >= 4 is 28.4 Å². The second-order valence-electron chi connectivity index (χ2n) is 8.14. The van der Waals surface area contributed by atoms with E-state index in [1.54, 1.807) is 16.4 Å². The van der Waals surface area contributed by atoms with Crippen LogP contribution in [0, 0.1) is 5.92 Å². The van der Waals surface area contributed by atoms with Crippen molar-refractivity contribution in [1.82, 2.24) is 9.21 Å². The number of likely N-dealkylation sites (tertiary alicyclic amines) is 1. The summed E-state index contributed by atoms with van der Waals surface area (Å²) in [5, 5.41) is 0. The number of rotatable bonds is 4. The molecule has 1 saturated carbocycles. The largest absolute Gasteiger partial charge is 0.342 e. The van der Waals surface area contributed by atoms with Gasteiger partial charge in [-0.05, 0) is 61.6 Å². The first kappa shape index (κ1) is 20.5. The third-order valence-electron chi connectivity index (χ3n) is 5.80. The normalized spacial score (nSPS) is 23.4. The molecule has 1 saturated heterocycles. The summed E-state index contributed by atoms with van der Waals surface area (Å²) in [6, 6.07) is 7.51. The minimum absolute atomic E-state index is 0. The highest BCUT2D eigenvalue weighted by Gasteiger charge is 2.43. The van der Waals surface area contributed by atoms with E-state index in [0.717, 1.165) is 31.5 Å². The van der Waals surface area contributed by atoms with Crippen LogP contribution in [0.1, 0.15) is 57.4 Å². The van der Waals surface area contributed by atoms with E-state index in [1.165, 1.54) is 19.3 Å². The lowest BCUT2D eigenvalue weighted by molar-refractivity contribution is 0.320. The van der Waals surface area contributed by atoms with Crippen LogP contribution in [-0.4, -0.2) is 49.3 Å². The van der Waals surface area contributed by atoms with Gasteiger partial charge in [0.2, 0.25) is 5.96 Å². The Morgan fingerprint density at radius 2 is 1.67 bits per heavy atom. The molecule has 0 N–H and O–H groups in total. The summed E-state index contributed by atoms with van der Waals surface area (Å²) in [7, 11) is -3.56. The van der Waals surface area contributed by atoms with E-state index in [0.29, 0.717) is 29.2 Å². The van der Waals surface area contributed by atoms with Crippen LogP contribution in [0.4, 0.5) is 0 Å². The second-order valence-corrected chi connectivity index (χ2v) is 10.0. The number of nitrogens with zero attached hydrogens (tertiary/aromatic N) is 3. The fourth-order valence-corrected chi connectivity index (χ4v) is 5.39. The quantitative estimate of drug-likeness (QED) is 0.755. The molecule has 1 atom stereocenters. The fourth-order valence-electron chi connectivity index (χ4n) is 3.93. The Kier molecular flexibility index (Phi) is 6.06. The molecule has 1 unspecified atom stereocenters. The molecular weight excluding hydrogens is 382 g/mol. The van der Waals surface area contributed by atoms with Crippen molar-refractivity contribution in [3.05, 3.63) is 29.8 Å². The molecule has 2 fully saturated rings. The lowest BCUT2D eigenvalue weighted by Crippen LogP contribution is -2.47. The zero-order valence-corrected chi connectivity index (χ0v) is 17.8. The van der Waals surface area contributed by atoms with Crippen molar-refractivity contribution in [2.24, 2.45) is 10.9 Å². The van der Waals surface area contributed by atoms with E-state index in [-0.39, 0.29) is 18.4 Å². The number of sulfonamides is 1. The molecule has 3 aliphatic rings. The van der Waals surface area contributed by atoms with Crippen LogP contribution in [0.15, 0.2) is 34.2 Å². The molecule has 0 radical (unpaired) electrons. The van der Waals surface area contributed by atoms with E-state index in [4.69, 9.17) is 4.99 Å². The lowest BCUT2D eigenvalue weighted by atomic mass is 10.0. The lowest BCUT2D eigenvalue weighted by Gasteiger charge is -2.33. The molecule has 0 amide bonds. The topological polar surface area (TPSA) is 53.0 Å². The van der Waals surface area contributed by atoms with Gasteiger partial charge in [-0.2, -0.15) is 0 Å². The first-order valence-electron chi connectivity index (χ1n) is 9.92. The molecule has 7 heteroatoms. The maximum absolute atomic E-state index is 13.4. The number of aliphatic imine (C=N–C) groups is 1. The van der Waals surface area contributed by atoms with Gasteiger partial charge < -0.3 is 4.90 Å². The molecular formula is C20H30ClN3O2S. The van der Waals surface area contributed by atoms with E-state index in [1.807, 2.05) is 12.1 Å². The summed E-state index contributed by atoms with van der Waals surface area (Å²) in [4.78, 5) is 7.45. The zero-order chi connectivity index (χ0) is 18.3. The van der Waals surface area contributed by atoms with Gasteiger partial charge in [-0.25, -0.2) is 17.7 Å². The third-order valence-corrected chi connectivity index (χ3v) is 7.56. The van der Waals surface area contributed by atoms with Crippen LogP contribution in [0.25, 0.3) is 0 Å². The van der Waals surface area contributed by atoms with Gasteiger partial charge in [0.15, 0.2) is 0 Å². The molecule has 1 aromatic rings. The van der Waals surface area contributed by atoms with Gasteiger partial charge >= 0.3 is 0 Å². The van der Waals surface area contributed by atoms with Crippen molar-refractivity contribution in [2.45, 2.75) is 62.8 Å². The van der Waals surface area contributed by atoms with Crippen molar-refractivity contribution in [3.8, 4) is 0 Å². The van der Waals surface area contributed by atoms with Crippen LogP contribution in [0.3, 0.4) is 0 Å². The third kappa shape index (κ3) is 4.11. The summed E-state index contributed by atoms with van der Waals surface area (Å²) in [5.74, 6) is 1.65. The molecule has 0 bridgehead atoms.